The lowest BCUT2D eigenvalue weighted by Gasteiger charge is -2.18. The molecule has 0 bridgehead atoms. The van der Waals surface area contributed by atoms with Crippen LogP contribution in [0, 0.1) is 13.8 Å². The van der Waals surface area contributed by atoms with Crippen LogP contribution in [0.3, 0.4) is 0 Å². The molecule has 0 saturated heterocycles. The second-order valence-electron chi connectivity index (χ2n) is 5.94. The molecule has 2 heterocycles. The third kappa shape index (κ3) is 2.68. The summed E-state index contributed by atoms with van der Waals surface area (Å²) in [6.45, 7) is 4.10. The zero-order chi connectivity index (χ0) is 17.4. The van der Waals surface area contributed by atoms with E-state index in [1.807, 2.05) is 26.0 Å². The highest BCUT2D eigenvalue weighted by atomic mass is 16.6. The SMILES string of the molecule is Cc1cc(C(=O)N(C)Cc2ccc3nonc3c2)c(=O)n(C)c1C. The van der Waals surface area contributed by atoms with Gasteiger partial charge in [0.05, 0.1) is 0 Å². The third-order valence-corrected chi connectivity index (χ3v) is 4.28. The molecule has 0 aliphatic heterocycles. The molecule has 0 N–H and O–H groups in total. The van der Waals surface area contributed by atoms with E-state index in [4.69, 9.17) is 0 Å². The number of carbonyl (C=O) groups is 1. The van der Waals surface area contributed by atoms with E-state index in [-0.39, 0.29) is 17.0 Å². The number of amides is 1. The maximum absolute atomic E-state index is 12.7. The monoisotopic (exact) mass is 326 g/mol. The first-order chi connectivity index (χ1) is 11.4. The van der Waals surface area contributed by atoms with E-state index in [2.05, 4.69) is 14.9 Å². The molecule has 0 unspecified atom stereocenters. The lowest BCUT2D eigenvalue weighted by molar-refractivity contribution is 0.0782. The second kappa shape index (κ2) is 5.92. The molecule has 0 radical (unpaired) electrons. The maximum atomic E-state index is 12.7. The van der Waals surface area contributed by atoms with E-state index >= 15 is 0 Å². The molecule has 1 amide bonds. The Morgan fingerprint density at radius 2 is 1.92 bits per heavy atom. The molecule has 0 aliphatic carbocycles. The lowest BCUT2D eigenvalue weighted by atomic mass is 10.1. The first kappa shape index (κ1) is 15.9. The Labute approximate surface area is 138 Å². The summed E-state index contributed by atoms with van der Waals surface area (Å²) in [5.41, 5.74) is 3.83. The number of pyridine rings is 1. The molecule has 7 nitrogen and oxygen atoms in total. The first-order valence-electron chi connectivity index (χ1n) is 7.52. The van der Waals surface area contributed by atoms with Crippen LogP contribution in [0.15, 0.2) is 33.7 Å². The van der Waals surface area contributed by atoms with E-state index in [1.165, 1.54) is 9.47 Å². The number of rotatable bonds is 3. The fourth-order valence-electron chi connectivity index (χ4n) is 2.61. The van der Waals surface area contributed by atoms with Gasteiger partial charge in [-0.25, -0.2) is 4.63 Å². The summed E-state index contributed by atoms with van der Waals surface area (Å²) in [6, 6.07) is 7.11. The van der Waals surface area contributed by atoms with Crippen LogP contribution in [0.1, 0.15) is 27.2 Å². The van der Waals surface area contributed by atoms with Gasteiger partial charge in [0.15, 0.2) is 0 Å². The number of aromatic nitrogens is 3. The zero-order valence-electron chi connectivity index (χ0n) is 14.0. The molecule has 124 valence electrons. The van der Waals surface area contributed by atoms with Crippen LogP contribution in [0.5, 0.6) is 0 Å². The molecular weight excluding hydrogens is 308 g/mol. The quantitative estimate of drug-likeness (QED) is 0.733. The van der Waals surface area contributed by atoms with Crippen LogP contribution < -0.4 is 5.56 Å². The highest BCUT2D eigenvalue weighted by Crippen LogP contribution is 2.14. The van der Waals surface area contributed by atoms with Gasteiger partial charge in [-0.05, 0) is 53.5 Å². The van der Waals surface area contributed by atoms with Gasteiger partial charge in [0, 0.05) is 26.3 Å². The number of hydrogen-bond donors (Lipinski definition) is 0. The van der Waals surface area contributed by atoms with Gasteiger partial charge >= 0.3 is 0 Å². The molecule has 0 saturated carbocycles. The molecule has 1 aromatic carbocycles. The Kier molecular flexibility index (Phi) is 3.92. The van der Waals surface area contributed by atoms with E-state index in [1.54, 1.807) is 26.2 Å². The third-order valence-electron chi connectivity index (χ3n) is 4.28. The van der Waals surface area contributed by atoms with Gasteiger partial charge in [-0.1, -0.05) is 6.07 Å². The van der Waals surface area contributed by atoms with Crippen LogP contribution >= 0.6 is 0 Å². The maximum Gasteiger partial charge on any atom is 0.263 e. The molecule has 0 spiro atoms. The number of aryl methyl sites for hydroxylation is 1. The zero-order valence-corrected chi connectivity index (χ0v) is 14.0. The van der Waals surface area contributed by atoms with Crippen LogP contribution in [-0.2, 0) is 13.6 Å². The molecule has 3 aromatic rings. The lowest BCUT2D eigenvalue weighted by Crippen LogP contribution is -2.34. The predicted octanol–water partition coefficient (Wildman–Crippen LogP) is 1.81. The molecular formula is C17H18N4O3. The van der Waals surface area contributed by atoms with E-state index in [0.717, 1.165) is 16.8 Å². The fraction of sp³-hybridized carbons (Fsp3) is 0.294. The Morgan fingerprint density at radius 3 is 2.67 bits per heavy atom. The summed E-state index contributed by atoms with van der Waals surface area (Å²) < 4.78 is 6.17. The highest BCUT2D eigenvalue weighted by molar-refractivity contribution is 5.94. The minimum atomic E-state index is -0.308. The van der Waals surface area contributed by atoms with Gasteiger partial charge in [0.25, 0.3) is 11.5 Å². The molecule has 2 aromatic heterocycles. The van der Waals surface area contributed by atoms with Gasteiger partial charge in [-0.2, -0.15) is 0 Å². The molecule has 0 atom stereocenters. The molecule has 0 fully saturated rings. The predicted molar refractivity (Wildman–Crippen MR) is 88.8 cm³/mol. The smallest absolute Gasteiger partial charge is 0.263 e. The number of nitrogens with zero attached hydrogens (tertiary/aromatic N) is 4. The molecule has 24 heavy (non-hydrogen) atoms. The van der Waals surface area contributed by atoms with E-state index in [9.17, 15) is 9.59 Å². The number of carbonyl (C=O) groups excluding carboxylic acids is 1. The van der Waals surface area contributed by atoms with Crippen molar-refractivity contribution in [2.75, 3.05) is 7.05 Å². The summed E-state index contributed by atoms with van der Waals surface area (Å²) >= 11 is 0. The summed E-state index contributed by atoms with van der Waals surface area (Å²) in [5, 5.41) is 7.54. The van der Waals surface area contributed by atoms with Crippen LogP contribution in [-0.4, -0.2) is 32.7 Å². The normalized spacial score (nSPS) is 11.0. The van der Waals surface area contributed by atoms with Crippen molar-refractivity contribution >= 4 is 16.9 Å². The number of benzene rings is 1. The van der Waals surface area contributed by atoms with Gasteiger partial charge in [0.1, 0.15) is 16.6 Å². The fourth-order valence-corrected chi connectivity index (χ4v) is 2.61. The Hall–Kier alpha value is -2.96. The number of hydrogen-bond acceptors (Lipinski definition) is 5. The van der Waals surface area contributed by atoms with Gasteiger partial charge in [0.2, 0.25) is 0 Å². The van der Waals surface area contributed by atoms with Crippen molar-refractivity contribution in [3.8, 4) is 0 Å². The van der Waals surface area contributed by atoms with Crippen LogP contribution in [0.25, 0.3) is 11.0 Å². The number of fused-ring (bicyclic) bond motifs is 1. The summed E-state index contributed by atoms with van der Waals surface area (Å²) in [5.74, 6) is -0.308. The second-order valence-corrected chi connectivity index (χ2v) is 5.94. The molecule has 7 heteroatoms. The van der Waals surface area contributed by atoms with Gasteiger partial charge < -0.3 is 9.47 Å². The van der Waals surface area contributed by atoms with E-state index < -0.39 is 0 Å². The standard InChI is InChI=1S/C17H18N4O3/c1-10-7-13(17(23)21(4)11(10)2)16(22)20(3)9-12-5-6-14-15(8-12)19-24-18-14/h5-8H,9H2,1-4H3. The summed E-state index contributed by atoms with van der Waals surface area (Å²) in [7, 11) is 3.34. The average molecular weight is 326 g/mol. The van der Waals surface area contributed by atoms with Crippen LogP contribution in [0.4, 0.5) is 0 Å². The molecule has 3 rings (SSSR count). The summed E-state index contributed by atoms with van der Waals surface area (Å²) in [6.07, 6.45) is 0. The van der Waals surface area contributed by atoms with Crippen molar-refractivity contribution in [2.24, 2.45) is 7.05 Å². The average Bonchev–Trinajstić information content (AvgIpc) is 3.03. The Balaban J connectivity index is 1.88. The topological polar surface area (TPSA) is 81.2 Å². The van der Waals surface area contributed by atoms with Crippen molar-refractivity contribution in [1.29, 1.82) is 0 Å². The minimum absolute atomic E-state index is 0.173. The Bertz CT molecular complexity index is 987. The minimum Gasteiger partial charge on any atom is -0.337 e. The summed E-state index contributed by atoms with van der Waals surface area (Å²) in [4.78, 5) is 26.5. The first-order valence-corrected chi connectivity index (χ1v) is 7.52. The van der Waals surface area contributed by atoms with E-state index in [0.29, 0.717) is 17.6 Å². The van der Waals surface area contributed by atoms with Crippen molar-refractivity contribution in [1.82, 2.24) is 19.8 Å². The van der Waals surface area contributed by atoms with Crippen molar-refractivity contribution in [3.05, 3.63) is 57.0 Å². The highest BCUT2D eigenvalue weighted by Gasteiger charge is 2.18. The largest absolute Gasteiger partial charge is 0.337 e. The van der Waals surface area contributed by atoms with Gasteiger partial charge in [-0.15, -0.1) is 0 Å². The van der Waals surface area contributed by atoms with Crippen molar-refractivity contribution in [3.63, 3.8) is 0 Å². The van der Waals surface area contributed by atoms with Gasteiger partial charge in [-0.3, -0.25) is 9.59 Å². The molecule has 0 aliphatic rings. The van der Waals surface area contributed by atoms with Crippen molar-refractivity contribution in [2.45, 2.75) is 20.4 Å². The van der Waals surface area contributed by atoms with Crippen molar-refractivity contribution < 1.29 is 9.42 Å². The Morgan fingerprint density at radius 1 is 1.21 bits per heavy atom. The van der Waals surface area contributed by atoms with Crippen LogP contribution in [0.2, 0.25) is 0 Å².